The molecule has 5 nitrogen and oxygen atoms in total. The lowest BCUT2D eigenvalue weighted by Crippen LogP contribution is -2.33. The molecule has 2 amide bonds. The molecule has 3 atom stereocenters. The Balaban J connectivity index is 1.80. The van der Waals surface area contributed by atoms with E-state index in [-0.39, 0.29) is 11.9 Å². The minimum absolute atomic E-state index is 0.301. The fourth-order valence-electron chi connectivity index (χ4n) is 3.14. The Morgan fingerprint density at radius 3 is 2.35 bits per heavy atom. The van der Waals surface area contributed by atoms with Crippen molar-refractivity contribution in [2.45, 2.75) is 12.1 Å². The zero-order valence-electron chi connectivity index (χ0n) is 12.0. The first-order valence-electron chi connectivity index (χ1n) is 7.26. The second-order valence-electron chi connectivity index (χ2n) is 5.56. The quantitative estimate of drug-likeness (QED) is 0.860. The van der Waals surface area contributed by atoms with Gasteiger partial charge in [0.1, 0.15) is 5.92 Å². The number of benzene rings is 2. The molecule has 2 heterocycles. The maximum atomic E-state index is 12.2. The molecule has 0 bridgehead atoms. The van der Waals surface area contributed by atoms with E-state index >= 15 is 0 Å². The normalized spacial score (nSPS) is 26.3. The average Bonchev–Trinajstić information content (AvgIpc) is 3.08. The number of hydroxylamine groups is 1. The zero-order chi connectivity index (χ0) is 16.0. The Hall–Kier alpha value is -2.37. The van der Waals surface area contributed by atoms with E-state index in [1.807, 2.05) is 42.5 Å². The molecule has 2 aromatic carbocycles. The summed E-state index contributed by atoms with van der Waals surface area (Å²) in [5, 5.41) is 4.60. The van der Waals surface area contributed by atoms with E-state index in [0.717, 1.165) is 11.3 Å². The lowest BCUT2D eigenvalue weighted by atomic mass is 9.91. The predicted octanol–water partition coefficient (Wildman–Crippen LogP) is 2.47. The van der Waals surface area contributed by atoms with Gasteiger partial charge in [0.15, 0.2) is 6.10 Å². The second-order valence-corrected chi connectivity index (χ2v) is 6.00. The van der Waals surface area contributed by atoms with E-state index in [0.29, 0.717) is 5.02 Å². The van der Waals surface area contributed by atoms with Gasteiger partial charge in [-0.2, -0.15) is 0 Å². The molecule has 2 aromatic rings. The van der Waals surface area contributed by atoms with E-state index in [2.05, 4.69) is 5.32 Å². The van der Waals surface area contributed by atoms with E-state index in [9.17, 15) is 9.59 Å². The third-order valence-corrected chi connectivity index (χ3v) is 4.43. The standard InChI is InChI=1S/C17H13ClN2O3/c18-11-6-8-12(9-7-11)20-14(10-4-2-1-3-5-10)13-15(23-20)17(22)19-16(13)21/h1-9,13-15H,(H,19,21,22)/t13-,14-,15-/m1/s1. The molecule has 4 rings (SSSR count). The summed E-state index contributed by atoms with van der Waals surface area (Å²) in [6, 6.07) is 16.3. The van der Waals surface area contributed by atoms with Gasteiger partial charge in [0.25, 0.3) is 5.91 Å². The fourth-order valence-corrected chi connectivity index (χ4v) is 3.26. The topological polar surface area (TPSA) is 58.6 Å². The van der Waals surface area contributed by atoms with Crippen LogP contribution in [-0.4, -0.2) is 17.9 Å². The van der Waals surface area contributed by atoms with E-state index in [1.165, 1.54) is 0 Å². The molecule has 0 aromatic heterocycles. The molecule has 2 aliphatic rings. The number of carbonyl (C=O) groups excluding carboxylic acids is 2. The molecule has 1 N–H and O–H groups in total. The monoisotopic (exact) mass is 328 g/mol. The molecule has 0 unspecified atom stereocenters. The van der Waals surface area contributed by atoms with Gasteiger partial charge in [-0.1, -0.05) is 41.9 Å². The first-order valence-corrected chi connectivity index (χ1v) is 7.64. The molecular weight excluding hydrogens is 316 g/mol. The van der Waals surface area contributed by atoms with Gasteiger partial charge >= 0.3 is 0 Å². The Morgan fingerprint density at radius 2 is 1.65 bits per heavy atom. The largest absolute Gasteiger partial charge is 0.294 e. The number of hydrogen-bond donors (Lipinski definition) is 1. The molecule has 2 saturated heterocycles. The van der Waals surface area contributed by atoms with Crippen LogP contribution in [0.2, 0.25) is 5.02 Å². The molecule has 6 heteroatoms. The van der Waals surface area contributed by atoms with Gasteiger partial charge in [-0.25, -0.2) is 5.06 Å². The van der Waals surface area contributed by atoms with Crippen molar-refractivity contribution in [2.24, 2.45) is 5.92 Å². The second kappa shape index (κ2) is 5.37. The van der Waals surface area contributed by atoms with Gasteiger partial charge in [0.2, 0.25) is 5.91 Å². The fraction of sp³-hybridized carbons (Fsp3) is 0.176. The third-order valence-electron chi connectivity index (χ3n) is 4.18. The summed E-state index contributed by atoms with van der Waals surface area (Å²) in [7, 11) is 0. The maximum absolute atomic E-state index is 12.2. The van der Waals surface area contributed by atoms with Crippen molar-refractivity contribution in [3.63, 3.8) is 0 Å². The van der Waals surface area contributed by atoms with Crippen LogP contribution in [0, 0.1) is 5.92 Å². The summed E-state index contributed by atoms with van der Waals surface area (Å²) in [6.45, 7) is 0. The van der Waals surface area contributed by atoms with Crippen LogP contribution in [0.3, 0.4) is 0 Å². The van der Waals surface area contributed by atoms with Crippen LogP contribution in [-0.2, 0) is 14.4 Å². The summed E-state index contributed by atoms with van der Waals surface area (Å²) < 4.78 is 0. The van der Waals surface area contributed by atoms with Crippen molar-refractivity contribution in [1.82, 2.24) is 5.32 Å². The molecule has 0 aliphatic carbocycles. The molecule has 2 aliphatic heterocycles. The highest BCUT2D eigenvalue weighted by atomic mass is 35.5. The van der Waals surface area contributed by atoms with Crippen molar-refractivity contribution in [2.75, 3.05) is 5.06 Å². The number of hydrogen-bond acceptors (Lipinski definition) is 4. The number of rotatable bonds is 2. The van der Waals surface area contributed by atoms with Gasteiger partial charge < -0.3 is 0 Å². The van der Waals surface area contributed by atoms with Crippen molar-refractivity contribution in [3.05, 3.63) is 65.2 Å². The van der Waals surface area contributed by atoms with Gasteiger partial charge in [0, 0.05) is 5.02 Å². The van der Waals surface area contributed by atoms with Crippen LogP contribution >= 0.6 is 11.6 Å². The zero-order valence-corrected chi connectivity index (χ0v) is 12.7. The van der Waals surface area contributed by atoms with E-state index < -0.39 is 17.9 Å². The van der Waals surface area contributed by atoms with E-state index in [4.69, 9.17) is 16.4 Å². The number of carbonyl (C=O) groups is 2. The van der Waals surface area contributed by atoms with Crippen LogP contribution < -0.4 is 10.4 Å². The number of nitrogens with one attached hydrogen (secondary N) is 1. The minimum Gasteiger partial charge on any atom is -0.294 e. The number of anilines is 1. The van der Waals surface area contributed by atoms with Crippen LogP contribution in [0.5, 0.6) is 0 Å². The van der Waals surface area contributed by atoms with Crippen LogP contribution in [0.15, 0.2) is 54.6 Å². The number of imide groups is 1. The number of halogens is 1. The molecule has 0 radical (unpaired) electrons. The highest BCUT2D eigenvalue weighted by Gasteiger charge is 2.56. The molecule has 0 spiro atoms. The summed E-state index contributed by atoms with van der Waals surface area (Å²) in [4.78, 5) is 30.0. The Morgan fingerprint density at radius 1 is 0.957 bits per heavy atom. The van der Waals surface area contributed by atoms with E-state index in [1.54, 1.807) is 17.2 Å². The van der Waals surface area contributed by atoms with Crippen molar-refractivity contribution >= 4 is 29.1 Å². The Labute approximate surface area is 137 Å². The maximum Gasteiger partial charge on any atom is 0.259 e. The Kier molecular flexibility index (Phi) is 3.32. The lowest BCUT2D eigenvalue weighted by molar-refractivity contribution is -0.129. The first-order chi connectivity index (χ1) is 11.1. The van der Waals surface area contributed by atoms with Crippen molar-refractivity contribution in [3.8, 4) is 0 Å². The summed E-state index contributed by atoms with van der Waals surface area (Å²) >= 11 is 5.94. The van der Waals surface area contributed by atoms with Crippen LogP contribution in [0.1, 0.15) is 11.6 Å². The lowest BCUT2D eigenvalue weighted by Gasteiger charge is -2.27. The predicted molar refractivity (Wildman–Crippen MR) is 84.6 cm³/mol. The van der Waals surface area contributed by atoms with Crippen molar-refractivity contribution in [1.29, 1.82) is 0 Å². The minimum atomic E-state index is -0.802. The SMILES string of the molecule is O=C1NC(=O)[C@@H]2ON(c3ccc(Cl)cc3)[C@H](c3ccccc3)[C@@H]12. The molecular formula is C17H13ClN2O3. The highest BCUT2D eigenvalue weighted by Crippen LogP contribution is 2.44. The average molecular weight is 329 g/mol. The van der Waals surface area contributed by atoms with Gasteiger partial charge in [-0.05, 0) is 29.8 Å². The summed E-state index contributed by atoms with van der Waals surface area (Å²) in [5.41, 5.74) is 1.66. The van der Waals surface area contributed by atoms with Crippen LogP contribution in [0.4, 0.5) is 5.69 Å². The molecule has 23 heavy (non-hydrogen) atoms. The van der Waals surface area contributed by atoms with Gasteiger partial charge in [-0.15, -0.1) is 0 Å². The first kappa shape index (κ1) is 14.2. The third kappa shape index (κ3) is 2.29. The van der Waals surface area contributed by atoms with Crippen molar-refractivity contribution < 1.29 is 14.4 Å². The molecule has 116 valence electrons. The smallest absolute Gasteiger partial charge is 0.259 e. The molecule has 2 fully saturated rings. The highest BCUT2D eigenvalue weighted by molar-refractivity contribution is 6.30. The van der Waals surface area contributed by atoms with Gasteiger partial charge in [0.05, 0.1) is 11.7 Å². The molecule has 0 saturated carbocycles. The summed E-state index contributed by atoms with van der Waals surface area (Å²) in [6.07, 6.45) is -0.802. The number of fused-ring (bicyclic) bond motifs is 1. The van der Waals surface area contributed by atoms with Crippen LogP contribution in [0.25, 0.3) is 0 Å². The Bertz CT molecular complexity index is 763. The number of amides is 2. The number of nitrogens with zero attached hydrogens (tertiary/aromatic N) is 1. The van der Waals surface area contributed by atoms with Gasteiger partial charge in [-0.3, -0.25) is 19.7 Å². The summed E-state index contributed by atoms with van der Waals surface area (Å²) in [5.74, 6) is -1.26.